The van der Waals surface area contributed by atoms with Crippen LogP contribution in [0.1, 0.15) is 18.4 Å². The molecule has 15 heavy (non-hydrogen) atoms. The van der Waals surface area contributed by atoms with E-state index in [0.717, 1.165) is 12.5 Å². The first-order valence-electron chi connectivity index (χ1n) is 5.71. The maximum absolute atomic E-state index is 4.09. The number of anilines is 1. The van der Waals surface area contributed by atoms with Crippen molar-refractivity contribution in [3.8, 4) is 0 Å². The average Bonchev–Trinajstić information content (AvgIpc) is 2.29. The highest BCUT2D eigenvalue weighted by Crippen LogP contribution is 2.16. The number of hydrogen-bond acceptors (Lipinski definition) is 3. The topological polar surface area (TPSA) is 37.0 Å². The third-order valence-electron chi connectivity index (χ3n) is 3.06. The molecule has 3 heteroatoms. The van der Waals surface area contributed by atoms with Crippen LogP contribution in [0.25, 0.3) is 0 Å². The first kappa shape index (κ1) is 10.4. The van der Waals surface area contributed by atoms with E-state index in [4.69, 9.17) is 0 Å². The molecule has 1 aliphatic heterocycles. The van der Waals surface area contributed by atoms with Crippen LogP contribution in [-0.2, 0) is 0 Å². The predicted molar refractivity (Wildman–Crippen MR) is 63.1 cm³/mol. The number of nitrogens with one attached hydrogen (secondary N) is 2. The number of piperidine rings is 1. The van der Waals surface area contributed by atoms with Crippen molar-refractivity contribution in [1.82, 2.24) is 10.3 Å². The first-order chi connectivity index (χ1) is 7.36. The van der Waals surface area contributed by atoms with Crippen LogP contribution in [0.15, 0.2) is 18.5 Å². The van der Waals surface area contributed by atoms with Gasteiger partial charge >= 0.3 is 0 Å². The predicted octanol–water partition coefficient (Wildman–Crippen LogP) is 1.80. The van der Waals surface area contributed by atoms with Crippen LogP contribution in [-0.4, -0.2) is 24.6 Å². The fourth-order valence-electron chi connectivity index (χ4n) is 2.01. The number of hydrogen-bond donors (Lipinski definition) is 2. The van der Waals surface area contributed by atoms with Crippen LogP contribution in [0.4, 0.5) is 5.69 Å². The van der Waals surface area contributed by atoms with Gasteiger partial charge in [0.2, 0.25) is 0 Å². The Bertz CT molecular complexity index is 305. The molecule has 0 saturated carbocycles. The molecule has 0 bridgehead atoms. The third kappa shape index (κ3) is 2.93. The molecular formula is C12H19N3. The lowest BCUT2D eigenvalue weighted by atomic mass is 9.98. The SMILES string of the molecule is Cc1cnccc1NCC1CCNCC1. The minimum Gasteiger partial charge on any atom is -0.384 e. The molecule has 1 fully saturated rings. The van der Waals surface area contributed by atoms with Crippen molar-refractivity contribution < 1.29 is 0 Å². The highest BCUT2D eigenvalue weighted by Gasteiger charge is 2.12. The van der Waals surface area contributed by atoms with Crippen LogP contribution < -0.4 is 10.6 Å². The number of aryl methyl sites for hydroxylation is 1. The van der Waals surface area contributed by atoms with Crippen LogP contribution in [0.3, 0.4) is 0 Å². The second kappa shape index (κ2) is 5.12. The Balaban J connectivity index is 1.84. The molecule has 2 N–H and O–H groups in total. The summed E-state index contributed by atoms with van der Waals surface area (Å²) in [5.41, 5.74) is 2.45. The van der Waals surface area contributed by atoms with E-state index in [0.29, 0.717) is 0 Å². The van der Waals surface area contributed by atoms with Crippen LogP contribution in [0.2, 0.25) is 0 Å². The van der Waals surface area contributed by atoms with E-state index >= 15 is 0 Å². The Morgan fingerprint density at radius 1 is 1.47 bits per heavy atom. The fraction of sp³-hybridized carbons (Fsp3) is 0.583. The zero-order chi connectivity index (χ0) is 10.5. The van der Waals surface area contributed by atoms with Gasteiger partial charge in [0.15, 0.2) is 0 Å². The maximum atomic E-state index is 4.09. The average molecular weight is 205 g/mol. The minimum absolute atomic E-state index is 0.818. The molecule has 2 rings (SSSR count). The zero-order valence-electron chi connectivity index (χ0n) is 9.29. The Hall–Kier alpha value is -1.09. The molecule has 1 saturated heterocycles. The number of nitrogens with zero attached hydrogens (tertiary/aromatic N) is 1. The zero-order valence-corrected chi connectivity index (χ0v) is 9.29. The van der Waals surface area contributed by atoms with Gasteiger partial charge in [-0.3, -0.25) is 4.98 Å². The molecule has 2 heterocycles. The summed E-state index contributed by atoms with van der Waals surface area (Å²) in [4.78, 5) is 4.09. The van der Waals surface area contributed by atoms with Crippen LogP contribution in [0, 0.1) is 12.8 Å². The molecule has 1 aromatic rings. The summed E-state index contributed by atoms with van der Waals surface area (Å²) in [6.07, 6.45) is 6.33. The minimum atomic E-state index is 0.818. The number of pyridine rings is 1. The van der Waals surface area contributed by atoms with E-state index in [-0.39, 0.29) is 0 Å². The van der Waals surface area contributed by atoms with E-state index in [9.17, 15) is 0 Å². The summed E-state index contributed by atoms with van der Waals surface area (Å²) in [5.74, 6) is 0.818. The standard InChI is InChI=1S/C12H19N3/c1-10-8-14-7-4-12(10)15-9-11-2-5-13-6-3-11/h4,7-8,11,13H,2-3,5-6,9H2,1H3,(H,14,15). The lowest BCUT2D eigenvalue weighted by molar-refractivity contribution is 0.390. The largest absolute Gasteiger partial charge is 0.384 e. The highest BCUT2D eigenvalue weighted by atomic mass is 14.9. The molecule has 0 spiro atoms. The Kier molecular flexibility index (Phi) is 3.56. The van der Waals surface area contributed by atoms with Gasteiger partial charge in [0.25, 0.3) is 0 Å². The van der Waals surface area contributed by atoms with Gasteiger partial charge in [0, 0.05) is 24.6 Å². The Morgan fingerprint density at radius 2 is 2.27 bits per heavy atom. The summed E-state index contributed by atoms with van der Waals surface area (Å²) in [6, 6.07) is 2.05. The van der Waals surface area contributed by atoms with Gasteiger partial charge in [-0.2, -0.15) is 0 Å². The molecule has 0 unspecified atom stereocenters. The Labute approximate surface area is 91.3 Å². The van der Waals surface area contributed by atoms with Crippen molar-refractivity contribution in [2.75, 3.05) is 25.0 Å². The lowest BCUT2D eigenvalue weighted by Crippen LogP contribution is -2.31. The molecule has 0 atom stereocenters. The van der Waals surface area contributed by atoms with Crippen molar-refractivity contribution in [1.29, 1.82) is 0 Å². The maximum Gasteiger partial charge on any atom is 0.0400 e. The van der Waals surface area contributed by atoms with Gasteiger partial charge in [-0.25, -0.2) is 0 Å². The highest BCUT2D eigenvalue weighted by molar-refractivity contribution is 5.48. The molecule has 1 aromatic heterocycles. The van der Waals surface area contributed by atoms with E-state index in [1.807, 2.05) is 12.4 Å². The monoisotopic (exact) mass is 205 g/mol. The molecule has 0 aliphatic carbocycles. The second-order valence-electron chi connectivity index (χ2n) is 4.26. The molecule has 0 radical (unpaired) electrons. The van der Waals surface area contributed by atoms with E-state index in [1.165, 1.54) is 37.2 Å². The molecule has 0 aromatic carbocycles. The molecule has 1 aliphatic rings. The van der Waals surface area contributed by atoms with E-state index < -0.39 is 0 Å². The van der Waals surface area contributed by atoms with Gasteiger partial charge in [-0.05, 0) is 50.4 Å². The van der Waals surface area contributed by atoms with Crippen LogP contribution >= 0.6 is 0 Å². The smallest absolute Gasteiger partial charge is 0.0400 e. The van der Waals surface area contributed by atoms with Gasteiger partial charge in [-0.15, -0.1) is 0 Å². The van der Waals surface area contributed by atoms with Crippen molar-refractivity contribution in [2.45, 2.75) is 19.8 Å². The van der Waals surface area contributed by atoms with Crippen molar-refractivity contribution in [3.63, 3.8) is 0 Å². The molecule has 3 nitrogen and oxygen atoms in total. The summed E-state index contributed by atoms with van der Waals surface area (Å²) in [7, 11) is 0. The quantitative estimate of drug-likeness (QED) is 0.790. The fourth-order valence-corrected chi connectivity index (χ4v) is 2.01. The lowest BCUT2D eigenvalue weighted by Gasteiger charge is -2.23. The third-order valence-corrected chi connectivity index (χ3v) is 3.06. The van der Waals surface area contributed by atoms with Crippen LogP contribution in [0.5, 0.6) is 0 Å². The summed E-state index contributed by atoms with van der Waals surface area (Å²) in [5, 5.41) is 6.90. The summed E-state index contributed by atoms with van der Waals surface area (Å²) in [6.45, 7) is 5.52. The Morgan fingerprint density at radius 3 is 3.00 bits per heavy atom. The molecule has 0 amide bonds. The normalized spacial score (nSPS) is 17.7. The molecule has 82 valence electrons. The number of rotatable bonds is 3. The van der Waals surface area contributed by atoms with E-state index in [1.54, 1.807) is 0 Å². The van der Waals surface area contributed by atoms with E-state index in [2.05, 4.69) is 28.6 Å². The molecular weight excluding hydrogens is 186 g/mol. The van der Waals surface area contributed by atoms with Crippen molar-refractivity contribution in [3.05, 3.63) is 24.0 Å². The van der Waals surface area contributed by atoms with Gasteiger partial charge in [0.05, 0.1) is 0 Å². The van der Waals surface area contributed by atoms with Gasteiger partial charge in [0.1, 0.15) is 0 Å². The summed E-state index contributed by atoms with van der Waals surface area (Å²) >= 11 is 0. The van der Waals surface area contributed by atoms with Crippen molar-refractivity contribution >= 4 is 5.69 Å². The summed E-state index contributed by atoms with van der Waals surface area (Å²) < 4.78 is 0. The van der Waals surface area contributed by atoms with Gasteiger partial charge < -0.3 is 10.6 Å². The van der Waals surface area contributed by atoms with Crippen molar-refractivity contribution in [2.24, 2.45) is 5.92 Å². The first-order valence-corrected chi connectivity index (χ1v) is 5.71. The second-order valence-corrected chi connectivity index (χ2v) is 4.26. The van der Waals surface area contributed by atoms with Gasteiger partial charge in [-0.1, -0.05) is 0 Å². The number of aromatic nitrogens is 1.